The van der Waals surface area contributed by atoms with E-state index in [9.17, 15) is 10.1 Å². The van der Waals surface area contributed by atoms with E-state index in [2.05, 4.69) is 15.5 Å². The summed E-state index contributed by atoms with van der Waals surface area (Å²) in [6.07, 6.45) is 0.374. The lowest BCUT2D eigenvalue weighted by molar-refractivity contribution is -0.121. The second kappa shape index (κ2) is 8.87. The number of aromatic nitrogens is 2. The number of nitrogens with zero attached hydrogens (tertiary/aromatic N) is 3. The van der Waals surface area contributed by atoms with E-state index in [0.717, 1.165) is 11.1 Å². The highest BCUT2D eigenvalue weighted by molar-refractivity contribution is 6.42. The first-order valence-corrected chi connectivity index (χ1v) is 9.25. The van der Waals surface area contributed by atoms with E-state index in [1.54, 1.807) is 18.2 Å². The zero-order valence-electron chi connectivity index (χ0n) is 14.9. The van der Waals surface area contributed by atoms with Crippen molar-refractivity contribution in [2.24, 2.45) is 0 Å². The summed E-state index contributed by atoms with van der Waals surface area (Å²) in [4.78, 5) is 12.2. The van der Waals surface area contributed by atoms with Crippen LogP contribution < -0.4 is 5.32 Å². The van der Waals surface area contributed by atoms with Crippen molar-refractivity contribution in [3.05, 3.63) is 69.5 Å². The predicted octanol–water partition coefficient (Wildman–Crippen LogP) is 4.67. The van der Waals surface area contributed by atoms with Crippen LogP contribution in [0.3, 0.4) is 0 Å². The van der Waals surface area contributed by atoms with E-state index < -0.39 is 6.04 Å². The van der Waals surface area contributed by atoms with Crippen LogP contribution in [0.2, 0.25) is 10.0 Å². The number of rotatable bonds is 6. The Labute approximate surface area is 172 Å². The second-order valence-electron chi connectivity index (χ2n) is 6.17. The number of nitrogens with one attached hydrogen (secondary N) is 1. The number of hydrogen-bond donors (Lipinski definition) is 1. The number of nitriles is 1. The molecule has 1 aromatic heterocycles. The Morgan fingerprint density at radius 1 is 1.18 bits per heavy atom. The third-order valence-corrected chi connectivity index (χ3v) is 4.78. The van der Waals surface area contributed by atoms with E-state index in [4.69, 9.17) is 27.6 Å². The molecule has 28 heavy (non-hydrogen) atoms. The fourth-order valence-corrected chi connectivity index (χ4v) is 2.81. The number of amides is 1. The van der Waals surface area contributed by atoms with Crippen LogP contribution in [0.4, 0.5) is 0 Å². The lowest BCUT2D eigenvalue weighted by Crippen LogP contribution is -2.27. The third-order valence-electron chi connectivity index (χ3n) is 4.04. The molecule has 0 aliphatic carbocycles. The van der Waals surface area contributed by atoms with Gasteiger partial charge >= 0.3 is 0 Å². The van der Waals surface area contributed by atoms with Crippen molar-refractivity contribution in [1.82, 2.24) is 15.5 Å². The average Bonchev–Trinajstić information content (AvgIpc) is 3.16. The van der Waals surface area contributed by atoms with Crippen molar-refractivity contribution >= 4 is 29.1 Å². The zero-order valence-corrected chi connectivity index (χ0v) is 16.5. The highest BCUT2D eigenvalue weighted by Crippen LogP contribution is 2.25. The number of carbonyl (C=O) groups excluding carboxylic acids is 1. The third kappa shape index (κ3) is 4.89. The van der Waals surface area contributed by atoms with E-state index in [1.165, 1.54) is 0 Å². The largest absolute Gasteiger partial charge is 0.421 e. The minimum atomic E-state index is -0.826. The molecule has 1 amide bonds. The van der Waals surface area contributed by atoms with Crippen LogP contribution in [0.5, 0.6) is 0 Å². The van der Waals surface area contributed by atoms with Crippen LogP contribution in [0.25, 0.3) is 11.5 Å². The summed E-state index contributed by atoms with van der Waals surface area (Å²) in [6.45, 7) is 1.99. The Hall–Kier alpha value is -2.88. The Morgan fingerprint density at radius 3 is 2.61 bits per heavy atom. The van der Waals surface area contributed by atoms with Gasteiger partial charge in [0, 0.05) is 18.4 Å². The summed E-state index contributed by atoms with van der Waals surface area (Å²) >= 11 is 11.9. The van der Waals surface area contributed by atoms with E-state index in [1.807, 2.05) is 37.3 Å². The molecular weight excluding hydrogens is 399 g/mol. The maximum atomic E-state index is 12.2. The van der Waals surface area contributed by atoms with Crippen molar-refractivity contribution in [2.45, 2.75) is 25.8 Å². The van der Waals surface area contributed by atoms with Crippen molar-refractivity contribution in [3.63, 3.8) is 0 Å². The molecule has 3 rings (SSSR count). The molecule has 0 saturated carbocycles. The minimum absolute atomic E-state index is 0.106. The molecule has 1 heterocycles. The minimum Gasteiger partial charge on any atom is -0.421 e. The molecule has 0 spiro atoms. The Bertz CT molecular complexity index is 1030. The first-order chi connectivity index (χ1) is 13.5. The lowest BCUT2D eigenvalue weighted by Gasteiger charge is -2.12. The average molecular weight is 415 g/mol. The number of halogens is 2. The Morgan fingerprint density at radius 2 is 1.93 bits per heavy atom. The first kappa shape index (κ1) is 19.9. The monoisotopic (exact) mass is 414 g/mol. The van der Waals surface area contributed by atoms with Crippen molar-refractivity contribution in [2.75, 3.05) is 0 Å². The van der Waals surface area contributed by atoms with Crippen molar-refractivity contribution in [3.8, 4) is 17.5 Å². The Balaban J connectivity index is 1.58. The fourth-order valence-electron chi connectivity index (χ4n) is 2.50. The standard InChI is InChI=1S/C20H16Cl2N4O2/c1-12-2-4-13(5-3-12)20-26-25-19(28-20)9-8-18(27)24-17(11-23)14-6-7-15(21)16(22)10-14/h2-7,10,17H,8-9H2,1H3,(H,24,27). The van der Waals surface area contributed by atoms with Crippen molar-refractivity contribution < 1.29 is 9.21 Å². The van der Waals surface area contributed by atoms with Gasteiger partial charge in [0.1, 0.15) is 6.04 Å². The van der Waals surface area contributed by atoms with Gasteiger partial charge in [-0.3, -0.25) is 4.79 Å². The van der Waals surface area contributed by atoms with E-state index >= 15 is 0 Å². The molecule has 0 fully saturated rings. The molecule has 0 aliphatic rings. The zero-order chi connectivity index (χ0) is 20.1. The maximum Gasteiger partial charge on any atom is 0.247 e. The van der Waals surface area contributed by atoms with Gasteiger partial charge in [0.05, 0.1) is 16.1 Å². The van der Waals surface area contributed by atoms with Crippen molar-refractivity contribution in [1.29, 1.82) is 5.26 Å². The van der Waals surface area contributed by atoms with Crippen LogP contribution in [0, 0.1) is 18.3 Å². The van der Waals surface area contributed by atoms with Crippen LogP contribution in [-0.2, 0) is 11.2 Å². The molecule has 142 valence electrons. The molecule has 2 aromatic carbocycles. The summed E-state index contributed by atoms with van der Waals surface area (Å²) in [6, 6.07) is 13.7. The van der Waals surface area contributed by atoms with Crippen LogP contribution >= 0.6 is 23.2 Å². The molecule has 0 bridgehead atoms. The van der Waals surface area contributed by atoms with E-state index in [-0.39, 0.29) is 18.7 Å². The normalized spacial score (nSPS) is 11.6. The Kier molecular flexibility index (Phi) is 6.30. The molecule has 8 heteroatoms. The molecule has 0 radical (unpaired) electrons. The summed E-state index contributed by atoms with van der Waals surface area (Å²) in [5.74, 6) is 0.447. The molecule has 0 aliphatic heterocycles. The topological polar surface area (TPSA) is 91.8 Å². The summed E-state index contributed by atoms with van der Waals surface area (Å²) in [5.41, 5.74) is 2.51. The van der Waals surface area contributed by atoms with Gasteiger partial charge in [0.2, 0.25) is 17.7 Å². The van der Waals surface area contributed by atoms with Gasteiger partial charge < -0.3 is 9.73 Å². The number of hydrogen-bond acceptors (Lipinski definition) is 5. The smallest absolute Gasteiger partial charge is 0.247 e. The summed E-state index contributed by atoms with van der Waals surface area (Å²) in [7, 11) is 0. The molecular formula is C20H16Cl2N4O2. The second-order valence-corrected chi connectivity index (χ2v) is 6.98. The molecule has 1 atom stereocenters. The highest BCUT2D eigenvalue weighted by atomic mass is 35.5. The lowest BCUT2D eigenvalue weighted by atomic mass is 10.1. The predicted molar refractivity (Wildman–Crippen MR) is 106 cm³/mol. The maximum absolute atomic E-state index is 12.2. The molecule has 3 aromatic rings. The van der Waals surface area contributed by atoms with Gasteiger partial charge in [-0.2, -0.15) is 5.26 Å². The fraction of sp³-hybridized carbons (Fsp3) is 0.200. The van der Waals surface area contributed by atoms with Crippen LogP contribution in [0.1, 0.15) is 29.5 Å². The van der Waals surface area contributed by atoms with Gasteiger partial charge in [-0.1, -0.05) is 47.0 Å². The van der Waals surface area contributed by atoms with Crippen LogP contribution in [-0.4, -0.2) is 16.1 Å². The molecule has 1 N–H and O–H groups in total. The van der Waals surface area contributed by atoms with Gasteiger partial charge in [0.15, 0.2) is 0 Å². The molecule has 6 nitrogen and oxygen atoms in total. The summed E-state index contributed by atoms with van der Waals surface area (Å²) in [5, 5.41) is 20.7. The van der Waals surface area contributed by atoms with Gasteiger partial charge in [-0.15, -0.1) is 10.2 Å². The molecule has 1 unspecified atom stereocenters. The van der Waals surface area contributed by atoms with Gasteiger partial charge in [-0.05, 0) is 36.8 Å². The molecule has 0 saturated heterocycles. The number of aryl methyl sites for hydroxylation is 2. The number of benzene rings is 2. The van der Waals surface area contributed by atoms with Gasteiger partial charge in [-0.25, -0.2) is 0 Å². The highest BCUT2D eigenvalue weighted by Gasteiger charge is 2.16. The quantitative estimate of drug-likeness (QED) is 0.632. The number of carbonyl (C=O) groups is 1. The first-order valence-electron chi connectivity index (χ1n) is 8.49. The van der Waals surface area contributed by atoms with Gasteiger partial charge in [0.25, 0.3) is 0 Å². The van der Waals surface area contributed by atoms with E-state index in [0.29, 0.717) is 27.4 Å². The summed E-state index contributed by atoms with van der Waals surface area (Å²) < 4.78 is 5.61. The van der Waals surface area contributed by atoms with Crippen LogP contribution in [0.15, 0.2) is 46.9 Å². The SMILES string of the molecule is Cc1ccc(-c2nnc(CCC(=O)NC(C#N)c3ccc(Cl)c(Cl)c3)o2)cc1.